The lowest BCUT2D eigenvalue weighted by atomic mass is 9.94. The Morgan fingerprint density at radius 1 is 1.00 bits per heavy atom. The molecule has 1 heterocycles. The first-order valence-electron chi connectivity index (χ1n) is 10.7. The van der Waals surface area contributed by atoms with Gasteiger partial charge in [-0.15, -0.1) is 0 Å². The molecule has 0 saturated carbocycles. The van der Waals surface area contributed by atoms with Crippen LogP contribution in [0.2, 0.25) is 0 Å². The van der Waals surface area contributed by atoms with Gasteiger partial charge in [0.2, 0.25) is 5.91 Å². The highest BCUT2D eigenvalue weighted by Crippen LogP contribution is 2.25. The zero-order valence-electron chi connectivity index (χ0n) is 18.0. The number of nitrogens with zero attached hydrogens (tertiary/aromatic N) is 1. The molecule has 1 atom stereocenters. The molecule has 0 bridgehead atoms. The summed E-state index contributed by atoms with van der Waals surface area (Å²) in [6.45, 7) is 3.52. The number of nitrogens with one attached hydrogen (secondary N) is 2. The zero-order chi connectivity index (χ0) is 22.3. The van der Waals surface area contributed by atoms with Crippen molar-refractivity contribution in [3.63, 3.8) is 0 Å². The molecule has 0 aromatic heterocycles. The maximum Gasteiger partial charge on any atom is 0.325 e. The van der Waals surface area contributed by atoms with E-state index in [9.17, 15) is 14.4 Å². The van der Waals surface area contributed by atoms with Crippen LogP contribution in [0.15, 0.2) is 54.6 Å². The van der Waals surface area contributed by atoms with Crippen molar-refractivity contribution < 1.29 is 19.1 Å². The molecule has 2 aromatic carbocycles. The van der Waals surface area contributed by atoms with Crippen molar-refractivity contribution in [3.8, 4) is 11.5 Å². The van der Waals surface area contributed by atoms with Gasteiger partial charge in [-0.2, -0.15) is 0 Å². The predicted molar refractivity (Wildman–Crippen MR) is 119 cm³/mol. The van der Waals surface area contributed by atoms with Gasteiger partial charge in [-0.3, -0.25) is 14.5 Å². The second kappa shape index (κ2) is 10.1. The molecule has 7 nitrogen and oxygen atoms in total. The highest BCUT2D eigenvalue weighted by Gasteiger charge is 2.47. The number of urea groups is 1. The van der Waals surface area contributed by atoms with Gasteiger partial charge in [-0.25, -0.2) is 4.79 Å². The Hall–Kier alpha value is -3.35. The van der Waals surface area contributed by atoms with E-state index in [2.05, 4.69) is 17.6 Å². The number of benzene rings is 2. The summed E-state index contributed by atoms with van der Waals surface area (Å²) in [5, 5.41) is 5.47. The number of unbranched alkanes of at least 4 members (excludes halogenated alkanes) is 3. The average Bonchev–Trinajstić information content (AvgIpc) is 2.96. The lowest BCUT2D eigenvalue weighted by Crippen LogP contribution is -2.44. The highest BCUT2D eigenvalue weighted by atomic mass is 16.5. The summed E-state index contributed by atoms with van der Waals surface area (Å²) in [5.41, 5.74) is -0.388. The summed E-state index contributed by atoms with van der Waals surface area (Å²) in [6.07, 6.45) is 4.63. The van der Waals surface area contributed by atoms with Gasteiger partial charge in [0.05, 0.1) is 0 Å². The van der Waals surface area contributed by atoms with Gasteiger partial charge in [0.1, 0.15) is 23.6 Å². The molecule has 4 amide bonds. The summed E-state index contributed by atoms with van der Waals surface area (Å²) in [6, 6.07) is 15.8. The third kappa shape index (κ3) is 5.84. The molecule has 1 aliphatic heterocycles. The minimum atomic E-state index is -0.943. The van der Waals surface area contributed by atoms with Crippen molar-refractivity contribution in [1.29, 1.82) is 0 Å². The smallest absolute Gasteiger partial charge is 0.325 e. The van der Waals surface area contributed by atoms with E-state index in [0.717, 1.165) is 36.3 Å². The topological polar surface area (TPSA) is 87.7 Å². The number of rotatable bonds is 10. The van der Waals surface area contributed by atoms with E-state index in [1.165, 1.54) is 0 Å². The second-order valence-electron chi connectivity index (χ2n) is 7.95. The standard InChI is InChI=1S/C24H29N3O4/c1-3-4-5-9-16-24(2)22(29)27(23(30)26-24)17-21(28)25-18-12-14-20(15-13-18)31-19-10-7-6-8-11-19/h6-8,10-15H,3-5,9,16-17H2,1-2H3,(H,25,28)(H,26,30). The molecular formula is C24H29N3O4. The van der Waals surface area contributed by atoms with Crippen LogP contribution in [0.1, 0.15) is 46.0 Å². The van der Waals surface area contributed by atoms with Crippen LogP contribution in [0, 0.1) is 0 Å². The molecule has 2 aromatic rings. The van der Waals surface area contributed by atoms with E-state index in [-0.39, 0.29) is 12.5 Å². The number of amides is 4. The van der Waals surface area contributed by atoms with Gasteiger partial charge in [0.25, 0.3) is 5.91 Å². The molecule has 0 aliphatic carbocycles. The molecule has 1 fully saturated rings. The monoisotopic (exact) mass is 423 g/mol. The minimum absolute atomic E-state index is 0.322. The Balaban J connectivity index is 1.53. The van der Waals surface area contributed by atoms with E-state index in [4.69, 9.17) is 4.74 Å². The van der Waals surface area contributed by atoms with Crippen LogP contribution in [0.3, 0.4) is 0 Å². The van der Waals surface area contributed by atoms with Gasteiger partial charge in [-0.1, -0.05) is 50.8 Å². The third-order valence-corrected chi connectivity index (χ3v) is 5.29. The summed E-state index contributed by atoms with van der Waals surface area (Å²) in [7, 11) is 0. The number of ether oxygens (including phenoxy) is 1. The predicted octanol–water partition coefficient (Wildman–Crippen LogP) is 4.70. The SMILES string of the molecule is CCCCCCC1(C)NC(=O)N(CC(=O)Nc2ccc(Oc3ccccc3)cc2)C1=O. The first-order valence-corrected chi connectivity index (χ1v) is 10.7. The van der Waals surface area contributed by atoms with E-state index >= 15 is 0 Å². The molecular weight excluding hydrogens is 394 g/mol. The maximum atomic E-state index is 12.8. The van der Waals surface area contributed by atoms with Crippen LogP contribution in [-0.2, 0) is 9.59 Å². The Labute approximate surface area is 182 Å². The number of imide groups is 1. The van der Waals surface area contributed by atoms with Crippen molar-refractivity contribution in [2.24, 2.45) is 0 Å². The van der Waals surface area contributed by atoms with Gasteiger partial charge >= 0.3 is 6.03 Å². The van der Waals surface area contributed by atoms with Gasteiger partial charge in [0.15, 0.2) is 0 Å². The summed E-state index contributed by atoms with van der Waals surface area (Å²) >= 11 is 0. The molecule has 1 aliphatic rings. The molecule has 3 rings (SSSR count). The molecule has 1 saturated heterocycles. The highest BCUT2D eigenvalue weighted by molar-refractivity contribution is 6.09. The van der Waals surface area contributed by atoms with E-state index < -0.39 is 17.5 Å². The fourth-order valence-electron chi connectivity index (χ4n) is 3.54. The Kier molecular flexibility index (Phi) is 7.28. The van der Waals surface area contributed by atoms with Crippen molar-refractivity contribution in [2.45, 2.75) is 51.5 Å². The number of carbonyl (C=O) groups excluding carboxylic acids is 3. The number of carbonyl (C=O) groups is 3. The van der Waals surface area contributed by atoms with Crippen molar-refractivity contribution in [1.82, 2.24) is 10.2 Å². The number of hydrogen-bond donors (Lipinski definition) is 2. The Bertz CT molecular complexity index is 914. The van der Waals surface area contributed by atoms with Gasteiger partial charge in [0, 0.05) is 5.69 Å². The fourth-order valence-corrected chi connectivity index (χ4v) is 3.54. The van der Waals surface area contributed by atoms with Crippen LogP contribution < -0.4 is 15.4 Å². The van der Waals surface area contributed by atoms with Crippen LogP contribution in [0.5, 0.6) is 11.5 Å². The lowest BCUT2D eigenvalue weighted by molar-refractivity contribution is -0.133. The second-order valence-corrected chi connectivity index (χ2v) is 7.95. The Morgan fingerprint density at radius 3 is 2.35 bits per heavy atom. The molecule has 7 heteroatoms. The third-order valence-electron chi connectivity index (χ3n) is 5.29. The average molecular weight is 424 g/mol. The molecule has 0 radical (unpaired) electrons. The van der Waals surface area contributed by atoms with Crippen LogP contribution in [-0.4, -0.2) is 34.8 Å². The zero-order valence-corrected chi connectivity index (χ0v) is 18.0. The summed E-state index contributed by atoms with van der Waals surface area (Å²) < 4.78 is 5.73. The quantitative estimate of drug-likeness (QED) is 0.428. The first kappa shape index (κ1) is 22.3. The van der Waals surface area contributed by atoms with E-state index in [1.54, 1.807) is 31.2 Å². The largest absolute Gasteiger partial charge is 0.457 e. The Morgan fingerprint density at radius 2 is 1.68 bits per heavy atom. The molecule has 1 unspecified atom stereocenters. The maximum absolute atomic E-state index is 12.8. The normalized spacial score (nSPS) is 18.1. The lowest BCUT2D eigenvalue weighted by Gasteiger charge is -2.21. The van der Waals surface area contributed by atoms with E-state index in [0.29, 0.717) is 17.9 Å². The number of para-hydroxylation sites is 1. The van der Waals surface area contributed by atoms with E-state index in [1.807, 2.05) is 30.3 Å². The van der Waals surface area contributed by atoms with Crippen LogP contribution in [0.4, 0.5) is 10.5 Å². The fraction of sp³-hybridized carbons (Fsp3) is 0.375. The van der Waals surface area contributed by atoms with Crippen LogP contribution in [0.25, 0.3) is 0 Å². The van der Waals surface area contributed by atoms with Gasteiger partial charge < -0.3 is 15.4 Å². The minimum Gasteiger partial charge on any atom is -0.457 e. The number of hydrogen-bond acceptors (Lipinski definition) is 4. The summed E-state index contributed by atoms with van der Waals surface area (Å²) in [5.74, 6) is 0.568. The van der Waals surface area contributed by atoms with Crippen molar-refractivity contribution in [2.75, 3.05) is 11.9 Å². The van der Waals surface area contributed by atoms with Gasteiger partial charge in [-0.05, 0) is 49.7 Å². The molecule has 31 heavy (non-hydrogen) atoms. The van der Waals surface area contributed by atoms with Crippen molar-refractivity contribution >= 4 is 23.5 Å². The summed E-state index contributed by atoms with van der Waals surface area (Å²) in [4.78, 5) is 38.5. The number of anilines is 1. The molecule has 2 N–H and O–H groups in total. The first-order chi connectivity index (χ1) is 14.9. The molecule has 164 valence electrons. The van der Waals surface area contributed by atoms with Crippen LogP contribution >= 0.6 is 0 Å². The van der Waals surface area contributed by atoms with Crippen molar-refractivity contribution in [3.05, 3.63) is 54.6 Å². The molecule has 0 spiro atoms.